The number of fused-ring (bicyclic) bond motifs is 1. The van der Waals surface area contributed by atoms with Crippen molar-refractivity contribution in [3.63, 3.8) is 0 Å². The number of benzene rings is 2. The molecular formula is C16H18N2. The van der Waals surface area contributed by atoms with Crippen LogP contribution in [-0.4, -0.2) is 0 Å². The molecule has 0 heterocycles. The molecule has 1 unspecified atom stereocenters. The van der Waals surface area contributed by atoms with Crippen molar-refractivity contribution in [2.24, 2.45) is 5.73 Å². The first-order valence-electron chi connectivity index (χ1n) is 6.47. The van der Waals surface area contributed by atoms with Crippen LogP contribution in [0.5, 0.6) is 0 Å². The molecule has 0 spiro atoms. The Kier molecular flexibility index (Phi) is 2.80. The average molecular weight is 238 g/mol. The maximum Gasteiger partial charge on any atom is 0.0551 e. The zero-order valence-electron chi connectivity index (χ0n) is 10.4. The summed E-state index contributed by atoms with van der Waals surface area (Å²) in [5.41, 5.74) is 18.1. The molecule has 2 aromatic carbocycles. The van der Waals surface area contributed by atoms with Crippen molar-refractivity contribution >= 4 is 5.69 Å². The van der Waals surface area contributed by atoms with E-state index in [-0.39, 0.29) is 6.04 Å². The standard InChI is InChI=1S/C16H18N2/c17-15-8-6-12(7-9-15)16(18)14-5-4-11-2-1-3-13(11)10-14/h4-10,16H,1-3,17-18H2. The van der Waals surface area contributed by atoms with Gasteiger partial charge < -0.3 is 11.5 Å². The summed E-state index contributed by atoms with van der Waals surface area (Å²) in [6.07, 6.45) is 3.68. The van der Waals surface area contributed by atoms with E-state index in [4.69, 9.17) is 11.5 Å². The maximum atomic E-state index is 6.32. The van der Waals surface area contributed by atoms with E-state index in [2.05, 4.69) is 18.2 Å². The highest BCUT2D eigenvalue weighted by molar-refractivity contribution is 5.44. The molecule has 0 saturated heterocycles. The van der Waals surface area contributed by atoms with Crippen molar-refractivity contribution in [2.75, 3.05) is 5.73 Å². The summed E-state index contributed by atoms with van der Waals surface area (Å²) < 4.78 is 0. The van der Waals surface area contributed by atoms with Gasteiger partial charge in [-0.15, -0.1) is 0 Å². The van der Waals surface area contributed by atoms with Gasteiger partial charge in [0.15, 0.2) is 0 Å². The van der Waals surface area contributed by atoms with Gasteiger partial charge in [-0.25, -0.2) is 0 Å². The Morgan fingerprint density at radius 3 is 2.28 bits per heavy atom. The fourth-order valence-electron chi connectivity index (χ4n) is 2.68. The minimum Gasteiger partial charge on any atom is -0.399 e. The normalized spacial score (nSPS) is 15.4. The molecule has 0 fully saturated rings. The average Bonchev–Trinajstić information content (AvgIpc) is 2.86. The lowest BCUT2D eigenvalue weighted by Gasteiger charge is -2.14. The van der Waals surface area contributed by atoms with Crippen molar-refractivity contribution in [2.45, 2.75) is 25.3 Å². The molecule has 2 nitrogen and oxygen atoms in total. The quantitative estimate of drug-likeness (QED) is 0.790. The third kappa shape index (κ3) is 2.00. The molecule has 0 radical (unpaired) electrons. The second kappa shape index (κ2) is 4.46. The molecule has 0 amide bonds. The van der Waals surface area contributed by atoms with Crippen molar-refractivity contribution in [1.29, 1.82) is 0 Å². The van der Waals surface area contributed by atoms with Gasteiger partial charge in [-0.05, 0) is 53.6 Å². The lowest BCUT2D eigenvalue weighted by atomic mass is 9.96. The molecule has 1 aliphatic carbocycles. The zero-order chi connectivity index (χ0) is 12.5. The third-order valence-corrected chi connectivity index (χ3v) is 3.78. The molecule has 2 heteroatoms. The van der Waals surface area contributed by atoms with E-state index >= 15 is 0 Å². The van der Waals surface area contributed by atoms with E-state index in [1.807, 2.05) is 24.3 Å². The summed E-state index contributed by atoms with van der Waals surface area (Å²) >= 11 is 0. The van der Waals surface area contributed by atoms with E-state index in [1.165, 1.54) is 36.0 Å². The predicted octanol–water partition coefficient (Wildman–Crippen LogP) is 2.81. The fraction of sp³-hybridized carbons (Fsp3) is 0.250. The molecule has 1 aliphatic rings. The summed E-state index contributed by atoms with van der Waals surface area (Å²) in [6, 6.07) is 14.4. The number of nitrogen functional groups attached to an aromatic ring is 1. The summed E-state index contributed by atoms with van der Waals surface area (Å²) in [5.74, 6) is 0. The van der Waals surface area contributed by atoms with Gasteiger partial charge in [0.2, 0.25) is 0 Å². The van der Waals surface area contributed by atoms with Gasteiger partial charge in [0.25, 0.3) is 0 Å². The fourth-order valence-corrected chi connectivity index (χ4v) is 2.68. The van der Waals surface area contributed by atoms with Crippen LogP contribution in [0.2, 0.25) is 0 Å². The van der Waals surface area contributed by atoms with Crippen LogP contribution in [0.15, 0.2) is 42.5 Å². The van der Waals surface area contributed by atoms with Gasteiger partial charge >= 0.3 is 0 Å². The molecule has 3 rings (SSSR count). The highest BCUT2D eigenvalue weighted by Gasteiger charge is 2.14. The van der Waals surface area contributed by atoms with E-state index < -0.39 is 0 Å². The molecule has 0 aromatic heterocycles. The monoisotopic (exact) mass is 238 g/mol. The van der Waals surface area contributed by atoms with Gasteiger partial charge in [0, 0.05) is 5.69 Å². The molecule has 92 valence electrons. The largest absolute Gasteiger partial charge is 0.399 e. The van der Waals surface area contributed by atoms with Crippen LogP contribution in [0, 0.1) is 0 Å². The molecule has 18 heavy (non-hydrogen) atoms. The Hall–Kier alpha value is -1.80. The second-order valence-corrected chi connectivity index (χ2v) is 5.03. The van der Waals surface area contributed by atoms with Crippen molar-refractivity contribution < 1.29 is 0 Å². The number of nitrogens with two attached hydrogens (primary N) is 2. The second-order valence-electron chi connectivity index (χ2n) is 5.03. The summed E-state index contributed by atoms with van der Waals surface area (Å²) in [7, 11) is 0. The van der Waals surface area contributed by atoms with Crippen molar-refractivity contribution in [1.82, 2.24) is 0 Å². The Morgan fingerprint density at radius 1 is 0.833 bits per heavy atom. The molecule has 4 N–H and O–H groups in total. The molecule has 2 aromatic rings. The van der Waals surface area contributed by atoms with E-state index in [1.54, 1.807) is 0 Å². The van der Waals surface area contributed by atoms with Crippen molar-refractivity contribution in [3.05, 3.63) is 64.7 Å². The molecule has 0 saturated carbocycles. The van der Waals surface area contributed by atoms with Crippen LogP contribution >= 0.6 is 0 Å². The van der Waals surface area contributed by atoms with Crippen LogP contribution in [0.1, 0.15) is 34.7 Å². The van der Waals surface area contributed by atoms with Crippen LogP contribution in [0.4, 0.5) is 5.69 Å². The molecule has 0 bridgehead atoms. The Morgan fingerprint density at radius 2 is 1.50 bits per heavy atom. The lowest BCUT2D eigenvalue weighted by molar-refractivity contribution is 0.867. The Labute approximate surface area is 108 Å². The van der Waals surface area contributed by atoms with Crippen LogP contribution in [0.25, 0.3) is 0 Å². The first-order chi connectivity index (χ1) is 8.74. The predicted molar refractivity (Wildman–Crippen MR) is 75.4 cm³/mol. The minimum atomic E-state index is -0.0588. The Balaban J connectivity index is 1.92. The van der Waals surface area contributed by atoms with Crippen molar-refractivity contribution in [3.8, 4) is 0 Å². The number of hydrogen-bond acceptors (Lipinski definition) is 2. The SMILES string of the molecule is Nc1ccc(C(N)c2ccc3c(c2)CCC3)cc1. The minimum absolute atomic E-state index is 0.0588. The third-order valence-electron chi connectivity index (χ3n) is 3.78. The lowest BCUT2D eigenvalue weighted by Crippen LogP contribution is -2.12. The molecule has 1 atom stereocenters. The number of anilines is 1. The van der Waals surface area contributed by atoms with Gasteiger partial charge in [0.05, 0.1) is 6.04 Å². The summed E-state index contributed by atoms with van der Waals surface area (Å²) in [5, 5.41) is 0. The Bertz CT molecular complexity index is 558. The number of hydrogen-bond donors (Lipinski definition) is 2. The number of rotatable bonds is 2. The van der Waals surface area contributed by atoms with E-state index in [9.17, 15) is 0 Å². The number of aryl methyl sites for hydroxylation is 2. The van der Waals surface area contributed by atoms with Gasteiger partial charge in [0.1, 0.15) is 0 Å². The first kappa shape index (κ1) is 11.3. The first-order valence-corrected chi connectivity index (χ1v) is 6.47. The maximum absolute atomic E-state index is 6.32. The summed E-state index contributed by atoms with van der Waals surface area (Å²) in [6.45, 7) is 0. The van der Waals surface area contributed by atoms with Gasteiger partial charge in [-0.1, -0.05) is 30.3 Å². The highest BCUT2D eigenvalue weighted by Crippen LogP contribution is 2.27. The van der Waals surface area contributed by atoms with Crippen LogP contribution in [0.3, 0.4) is 0 Å². The smallest absolute Gasteiger partial charge is 0.0551 e. The van der Waals surface area contributed by atoms with Gasteiger partial charge in [-0.3, -0.25) is 0 Å². The van der Waals surface area contributed by atoms with E-state index in [0.29, 0.717) is 0 Å². The van der Waals surface area contributed by atoms with Gasteiger partial charge in [-0.2, -0.15) is 0 Å². The van der Waals surface area contributed by atoms with Crippen LogP contribution < -0.4 is 11.5 Å². The molecule has 0 aliphatic heterocycles. The van der Waals surface area contributed by atoms with E-state index in [0.717, 1.165) is 11.3 Å². The highest BCUT2D eigenvalue weighted by atomic mass is 14.6. The molecular weight excluding hydrogens is 220 g/mol. The van der Waals surface area contributed by atoms with Crippen LogP contribution in [-0.2, 0) is 12.8 Å². The zero-order valence-corrected chi connectivity index (χ0v) is 10.4. The topological polar surface area (TPSA) is 52.0 Å². The summed E-state index contributed by atoms with van der Waals surface area (Å²) in [4.78, 5) is 0.